The zero-order valence-electron chi connectivity index (χ0n) is 12.8. The van der Waals surface area contributed by atoms with E-state index in [0.29, 0.717) is 6.42 Å². The molecule has 2 nitrogen and oxygen atoms in total. The smallest absolute Gasteiger partial charge is 0.164 e. The molecule has 24 heavy (non-hydrogen) atoms. The minimum Gasteiger partial charge on any atom is -0.388 e. The van der Waals surface area contributed by atoms with Crippen LogP contribution in [0.15, 0.2) is 55.1 Å². The molecule has 0 aliphatic carbocycles. The third kappa shape index (κ3) is 4.47. The van der Waals surface area contributed by atoms with Crippen molar-refractivity contribution >= 4 is 61.2 Å². The molecule has 0 fully saturated rings. The fraction of sp³-hybridized carbons (Fsp3) is 0.278. The van der Waals surface area contributed by atoms with Crippen LogP contribution in [0.1, 0.15) is 34.9 Å². The predicted octanol–water partition coefficient (Wildman–Crippen LogP) is 6.11. The van der Waals surface area contributed by atoms with E-state index in [4.69, 9.17) is 0 Å². The highest BCUT2D eigenvalue weighted by Crippen LogP contribution is 2.37. The molecule has 2 aliphatic heterocycles. The molecule has 6 heteroatoms. The van der Waals surface area contributed by atoms with Gasteiger partial charge in [0.2, 0.25) is 0 Å². The van der Waals surface area contributed by atoms with Crippen molar-refractivity contribution in [3.8, 4) is 0 Å². The first-order chi connectivity index (χ1) is 11.5. The third-order valence-electron chi connectivity index (χ3n) is 3.81. The molecule has 0 radical (unpaired) electrons. The van der Waals surface area contributed by atoms with E-state index in [1.54, 1.807) is 11.8 Å². The summed E-state index contributed by atoms with van der Waals surface area (Å²) in [4.78, 5) is 13.7. The van der Waals surface area contributed by atoms with Gasteiger partial charge in [0.1, 0.15) is 0 Å². The summed E-state index contributed by atoms with van der Waals surface area (Å²) in [6, 6.07) is 12.0. The van der Waals surface area contributed by atoms with E-state index in [9.17, 15) is 9.90 Å². The van der Waals surface area contributed by atoms with Gasteiger partial charge in [-0.2, -0.15) is 0 Å². The van der Waals surface area contributed by atoms with E-state index in [2.05, 4.69) is 37.9 Å². The van der Waals surface area contributed by atoms with Crippen molar-refractivity contribution in [3.63, 3.8) is 0 Å². The Labute approximate surface area is 167 Å². The minimum atomic E-state index is -0.265. The van der Waals surface area contributed by atoms with Crippen LogP contribution in [0.5, 0.6) is 0 Å². The summed E-state index contributed by atoms with van der Waals surface area (Å²) < 4.78 is 2.03. The van der Waals surface area contributed by atoms with E-state index in [0.717, 1.165) is 42.9 Å². The number of Topliss-reactive ketones (excluding diaryl/α,β-unsaturated/α-hetero) is 1. The van der Waals surface area contributed by atoms with Crippen LogP contribution in [-0.2, 0) is 0 Å². The van der Waals surface area contributed by atoms with Gasteiger partial charge in [-0.1, -0.05) is 31.9 Å². The number of halogens is 2. The van der Waals surface area contributed by atoms with Crippen molar-refractivity contribution in [2.24, 2.45) is 0 Å². The Morgan fingerprint density at radius 1 is 0.958 bits per heavy atom. The number of carbonyl (C=O) groups is 1. The standard InChI is InChI=1S/C9H9BrOS.C9H7BrOS/c2*10-6-1-2-9-7(5-6)8(11)3-4-12-9/h1-2,5,8,11H,3-4H2;1-2,5H,3-4H2. The molecule has 0 bridgehead atoms. The lowest BCUT2D eigenvalue weighted by atomic mass is 10.1. The Morgan fingerprint density at radius 3 is 2.42 bits per heavy atom. The van der Waals surface area contributed by atoms with E-state index in [1.807, 2.05) is 42.1 Å². The summed E-state index contributed by atoms with van der Waals surface area (Å²) in [5.74, 6) is 2.22. The molecule has 0 aromatic heterocycles. The number of benzene rings is 2. The van der Waals surface area contributed by atoms with Gasteiger partial charge in [0.05, 0.1) is 6.10 Å². The topological polar surface area (TPSA) is 37.3 Å². The molecule has 1 N–H and O–H groups in total. The molecular weight excluding hydrogens is 472 g/mol. The number of carbonyl (C=O) groups excluding carboxylic acids is 1. The lowest BCUT2D eigenvalue weighted by Gasteiger charge is -2.20. The summed E-state index contributed by atoms with van der Waals surface area (Å²) in [5, 5.41) is 9.65. The van der Waals surface area contributed by atoms with Crippen molar-refractivity contribution in [2.75, 3.05) is 11.5 Å². The maximum absolute atomic E-state index is 11.4. The molecule has 2 aromatic rings. The Hall–Kier alpha value is -0.270. The fourth-order valence-corrected chi connectivity index (χ4v) is 5.41. The molecule has 0 amide bonds. The zero-order chi connectivity index (χ0) is 17.1. The lowest BCUT2D eigenvalue weighted by Crippen LogP contribution is -2.07. The Bertz CT molecular complexity index is 765. The number of ketones is 1. The predicted molar refractivity (Wildman–Crippen MR) is 108 cm³/mol. The summed E-state index contributed by atoms with van der Waals surface area (Å²) in [5.41, 5.74) is 1.95. The highest BCUT2D eigenvalue weighted by Gasteiger charge is 2.18. The number of rotatable bonds is 0. The maximum atomic E-state index is 11.4. The molecule has 0 saturated carbocycles. The molecule has 2 aromatic carbocycles. The van der Waals surface area contributed by atoms with E-state index < -0.39 is 0 Å². The number of thioether (sulfide) groups is 2. The Balaban J connectivity index is 0.000000141. The minimum absolute atomic E-state index is 0.265. The Morgan fingerprint density at radius 2 is 1.62 bits per heavy atom. The molecule has 126 valence electrons. The molecule has 2 aliphatic rings. The van der Waals surface area contributed by atoms with Crippen molar-refractivity contribution in [2.45, 2.75) is 28.7 Å². The molecule has 2 heterocycles. The number of hydrogen-bond acceptors (Lipinski definition) is 4. The van der Waals surface area contributed by atoms with Crippen LogP contribution in [0, 0.1) is 0 Å². The highest BCUT2D eigenvalue weighted by molar-refractivity contribution is 9.10. The van der Waals surface area contributed by atoms with Gasteiger partial charge in [-0.3, -0.25) is 4.79 Å². The molecule has 1 atom stereocenters. The zero-order valence-corrected chi connectivity index (χ0v) is 17.6. The van der Waals surface area contributed by atoms with Gasteiger partial charge in [0.25, 0.3) is 0 Å². The first kappa shape index (κ1) is 18.5. The fourth-order valence-electron chi connectivity index (χ4n) is 2.58. The second kappa shape index (κ2) is 8.41. The van der Waals surface area contributed by atoms with Gasteiger partial charge in [0, 0.05) is 42.2 Å². The quantitative estimate of drug-likeness (QED) is 0.486. The maximum Gasteiger partial charge on any atom is 0.164 e. The SMILES string of the molecule is O=C1CCSc2ccc(Br)cc21.OC1CCSc2ccc(Br)cc21. The molecule has 1 unspecified atom stereocenters. The van der Waals surface area contributed by atoms with Gasteiger partial charge < -0.3 is 5.11 Å². The van der Waals surface area contributed by atoms with Gasteiger partial charge in [-0.15, -0.1) is 23.5 Å². The van der Waals surface area contributed by atoms with Gasteiger partial charge in [-0.25, -0.2) is 0 Å². The molecule has 0 spiro atoms. The average Bonchev–Trinajstić information content (AvgIpc) is 2.57. The average molecular weight is 488 g/mol. The van der Waals surface area contributed by atoms with Crippen LogP contribution >= 0.6 is 55.4 Å². The van der Waals surface area contributed by atoms with Crippen LogP contribution in [0.25, 0.3) is 0 Å². The second-order valence-electron chi connectivity index (χ2n) is 5.50. The number of aliphatic hydroxyl groups excluding tert-OH is 1. The third-order valence-corrected chi connectivity index (χ3v) is 6.99. The summed E-state index contributed by atoms with van der Waals surface area (Å²) in [6.07, 6.45) is 1.28. The highest BCUT2D eigenvalue weighted by atomic mass is 79.9. The summed E-state index contributed by atoms with van der Waals surface area (Å²) in [7, 11) is 0. The van der Waals surface area contributed by atoms with Crippen molar-refractivity contribution in [1.82, 2.24) is 0 Å². The van der Waals surface area contributed by atoms with Crippen molar-refractivity contribution in [3.05, 3.63) is 56.5 Å². The summed E-state index contributed by atoms with van der Waals surface area (Å²) in [6.45, 7) is 0. The van der Waals surface area contributed by atoms with Crippen molar-refractivity contribution < 1.29 is 9.90 Å². The van der Waals surface area contributed by atoms with Crippen LogP contribution < -0.4 is 0 Å². The van der Waals surface area contributed by atoms with E-state index in [-0.39, 0.29) is 11.9 Å². The number of aliphatic hydroxyl groups is 1. The van der Waals surface area contributed by atoms with Crippen LogP contribution in [-0.4, -0.2) is 22.4 Å². The molecular formula is C18H16Br2O2S2. The monoisotopic (exact) mass is 486 g/mol. The summed E-state index contributed by atoms with van der Waals surface area (Å²) >= 11 is 10.3. The number of fused-ring (bicyclic) bond motifs is 2. The first-order valence-electron chi connectivity index (χ1n) is 7.60. The lowest BCUT2D eigenvalue weighted by molar-refractivity contribution is 0.0984. The Kier molecular flexibility index (Phi) is 6.49. The molecule has 0 saturated heterocycles. The van der Waals surface area contributed by atoms with Crippen LogP contribution in [0.3, 0.4) is 0 Å². The number of hydrogen-bond donors (Lipinski definition) is 1. The van der Waals surface area contributed by atoms with Crippen molar-refractivity contribution in [1.29, 1.82) is 0 Å². The molecule has 4 rings (SSSR count). The van der Waals surface area contributed by atoms with Crippen LogP contribution in [0.2, 0.25) is 0 Å². The van der Waals surface area contributed by atoms with Gasteiger partial charge >= 0.3 is 0 Å². The van der Waals surface area contributed by atoms with Gasteiger partial charge in [-0.05, 0) is 48.4 Å². The van der Waals surface area contributed by atoms with E-state index in [1.165, 1.54) is 4.90 Å². The largest absolute Gasteiger partial charge is 0.388 e. The first-order valence-corrected chi connectivity index (χ1v) is 11.2. The normalized spacial score (nSPS) is 19.0. The van der Waals surface area contributed by atoms with Gasteiger partial charge in [0.15, 0.2) is 5.78 Å². The van der Waals surface area contributed by atoms with Crippen LogP contribution in [0.4, 0.5) is 0 Å². The van der Waals surface area contributed by atoms with E-state index >= 15 is 0 Å². The second-order valence-corrected chi connectivity index (χ2v) is 9.60.